The van der Waals surface area contributed by atoms with Gasteiger partial charge in [-0.2, -0.15) is 0 Å². The van der Waals surface area contributed by atoms with E-state index in [1.54, 1.807) is 16.7 Å². The number of anilines is 1. The second-order valence-electron chi connectivity index (χ2n) is 7.31. The van der Waals surface area contributed by atoms with Crippen LogP contribution < -0.4 is 15.7 Å². The van der Waals surface area contributed by atoms with E-state index >= 15 is 0 Å². The van der Waals surface area contributed by atoms with Gasteiger partial charge in [0.15, 0.2) is 11.6 Å². The van der Waals surface area contributed by atoms with Gasteiger partial charge in [0.2, 0.25) is 5.91 Å². The maximum Gasteiger partial charge on any atom is 0.326 e. The Balaban J connectivity index is 1.44. The number of aromatic nitrogens is 2. The average Bonchev–Trinajstić information content (AvgIpc) is 3.03. The summed E-state index contributed by atoms with van der Waals surface area (Å²) in [5, 5.41) is 2.74. The number of H-pyrrole nitrogens is 1. The monoisotopic (exact) mass is 401 g/mol. The number of nitrogens with one attached hydrogen (secondary N) is 2. The van der Waals surface area contributed by atoms with E-state index in [-0.39, 0.29) is 29.3 Å². The fraction of sp³-hybridized carbons (Fsp3) is 0.333. The van der Waals surface area contributed by atoms with Crippen molar-refractivity contribution in [3.05, 3.63) is 58.5 Å². The van der Waals surface area contributed by atoms with Crippen LogP contribution in [-0.4, -0.2) is 22.6 Å². The first-order valence-electron chi connectivity index (χ1n) is 9.50. The van der Waals surface area contributed by atoms with Gasteiger partial charge in [0, 0.05) is 23.7 Å². The van der Waals surface area contributed by atoms with Crippen molar-refractivity contribution in [2.24, 2.45) is 5.92 Å². The summed E-state index contributed by atoms with van der Waals surface area (Å²) in [6.07, 6.45) is 2.42. The van der Waals surface area contributed by atoms with E-state index in [1.165, 1.54) is 31.4 Å². The first kappa shape index (κ1) is 19.2. The molecule has 0 atom stereocenters. The molecule has 1 aliphatic rings. The molecule has 0 saturated heterocycles. The van der Waals surface area contributed by atoms with Gasteiger partial charge in [-0.25, -0.2) is 13.6 Å². The first-order chi connectivity index (χ1) is 14.0. The highest BCUT2D eigenvalue weighted by molar-refractivity contribution is 5.92. The van der Waals surface area contributed by atoms with E-state index in [4.69, 9.17) is 4.74 Å². The lowest BCUT2D eigenvalue weighted by molar-refractivity contribution is -0.121. The topological polar surface area (TPSA) is 76.1 Å². The van der Waals surface area contributed by atoms with Gasteiger partial charge in [0.05, 0.1) is 18.1 Å². The molecule has 1 aromatic heterocycles. The molecule has 29 heavy (non-hydrogen) atoms. The molecule has 0 bridgehead atoms. The number of fused-ring (bicyclic) bond motifs is 1. The molecule has 0 spiro atoms. The number of methoxy groups -OCH3 is 1. The molecule has 0 unspecified atom stereocenters. The number of amides is 1. The number of imidazole rings is 1. The molecular formula is C21H21F2N3O3. The normalized spacial score (nSPS) is 19.3. The Morgan fingerprint density at radius 1 is 1.14 bits per heavy atom. The Kier molecular flexibility index (Phi) is 5.08. The number of nitrogens with zero attached hydrogens (tertiary/aromatic N) is 1. The van der Waals surface area contributed by atoms with E-state index in [0.29, 0.717) is 42.4 Å². The number of carbonyl (C=O) groups is 1. The third-order valence-electron chi connectivity index (χ3n) is 5.53. The zero-order chi connectivity index (χ0) is 20.5. The molecule has 1 heterocycles. The van der Waals surface area contributed by atoms with Gasteiger partial charge in [0.25, 0.3) is 0 Å². The van der Waals surface area contributed by atoms with Crippen molar-refractivity contribution in [2.45, 2.75) is 31.7 Å². The van der Waals surface area contributed by atoms with Crippen molar-refractivity contribution in [3.63, 3.8) is 0 Å². The van der Waals surface area contributed by atoms with Gasteiger partial charge in [-0.3, -0.25) is 9.36 Å². The molecule has 1 saturated carbocycles. The summed E-state index contributed by atoms with van der Waals surface area (Å²) in [7, 11) is 1.38. The van der Waals surface area contributed by atoms with Crippen LogP contribution >= 0.6 is 0 Å². The molecule has 8 heteroatoms. The lowest BCUT2D eigenvalue weighted by atomic mass is 9.85. The summed E-state index contributed by atoms with van der Waals surface area (Å²) in [6, 6.07) is 8.39. The van der Waals surface area contributed by atoms with E-state index in [1.807, 2.05) is 0 Å². The van der Waals surface area contributed by atoms with Crippen LogP contribution in [0.5, 0.6) is 5.75 Å². The van der Waals surface area contributed by atoms with Crippen LogP contribution in [0.15, 0.2) is 41.2 Å². The molecule has 6 nitrogen and oxygen atoms in total. The highest BCUT2D eigenvalue weighted by Crippen LogP contribution is 2.34. The van der Waals surface area contributed by atoms with E-state index in [0.717, 1.165) is 0 Å². The number of hydrogen-bond donors (Lipinski definition) is 2. The molecule has 1 aliphatic carbocycles. The lowest BCUT2D eigenvalue weighted by Crippen LogP contribution is -2.31. The summed E-state index contributed by atoms with van der Waals surface area (Å²) in [5.41, 5.74) is 1.24. The van der Waals surface area contributed by atoms with Crippen LogP contribution in [0.25, 0.3) is 11.0 Å². The molecule has 3 aromatic rings. The van der Waals surface area contributed by atoms with Gasteiger partial charge in [-0.05, 0) is 56.0 Å². The minimum absolute atomic E-state index is 0.0967. The van der Waals surface area contributed by atoms with Crippen molar-refractivity contribution >= 4 is 22.6 Å². The van der Waals surface area contributed by atoms with Crippen LogP contribution in [0.2, 0.25) is 0 Å². The van der Waals surface area contributed by atoms with Gasteiger partial charge < -0.3 is 15.0 Å². The Labute approximate surface area is 165 Å². The zero-order valence-corrected chi connectivity index (χ0v) is 15.9. The molecule has 1 fully saturated rings. The van der Waals surface area contributed by atoms with Crippen LogP contribution in [0.4, 0.5) is 14.5 Å². The standard InChI is InChI=1S/C21H21F2N3O3/c1-29-19-9-5-14(11-16(19)23)24-20(27)12-2-6-15(7-3-12)26-18-10-13(22)4-8-17(18)25-21(26)28/h4-5,8-12,15H,2-3,6-7H2,1H3,(H,24,27)(H,25,28). The van der Waals surface area contributed by atoms with Gasteiger partial charge >= 0.3 is 5.69 Å². The smallest absolute Gasteiger partial charge is 0.326 e. The van der Waals surface area contributed by atoms with Crippen molar-refractivity contribution in [1.82, 2.24) is 9.55 Å². The quantitative estimate of drug-likeness (QED) is 0.694. The van der Waals surface area contributed by atoms with Crippen LogP contribution in [0.1, 0.15) is 31.7 Å². The minimum Gasteiger partial charge on any atom is -0.494 e. The van der Waals surface area contributed by atoms with Crippen molar-refractivity contribution in [1.29, 1.82) is 0 Å². The summed E-state index contributed by atoms with van der Waals surface area (Å²) in [4.78, 5) is 27.7. The summed E-state index contributed by atoms with van der Waals surface area (Å²) in [6.45, 7) is 0. The number of benzene rings is 2. The third-order valence-corrected chi connectivity index (χ3v) is 5.53. The zero-order valence-electron chi connectivity index (χ0n) is 15.9. The molecule has 4 rings (SSSR count). The fourth-order valence-electron chi connectivity index (χ4n) is 4.04. The van der Waals surface area contributed by atoms with Crippen LogP contribution in [0, 0.1) is 17.6 Å². The van der Waals surface area contributed by atoms with E-state index in [2.05, 4.69) is 10.3 Å². The van der Waals surface area contributed by atoms with E-state index in [9.17, 15) is 18.4 Å². The van der Waals surface area contributed by atoms with Crippen LogP contribution in [-0.2, 0) is 4.79 Å². The minimum atomic E-state index is -0.542. The Hall–Kier alpha value is -3.16. The number of aromatic amines is 1. The van der Waals surface area contributed by atoms with Crippen molar-refractivity contribution in [2.75, 3.05) is 12.4 Å². The van der Waals surface area contributed by atoms with E-state index < -0.39 is 11.6 Å². The second-order valence-corrected chi connectivity index (χ2v) is 7.31. The Morgan fingerprint density at radius 2 is 1.90 bits per heavy atom. The van der Waals surface area contributed by atoms with Gasteiger partial charge in [-0.1, -0.05) is 0 Å². The third kappa shape index (κ3) is 3.74. The molecule has 2 aromatic carbocycles. The lowest BCUT2D eigenvalue weighted by Gasteiger charge is -2.28. The number of halogens is 2. The molecule has 152 valence electrons. The molecule has 0 radical (unpaired) electrons. The molecule has 2 N–H and O–H groups in total. The van der Waals surface area contributed by atoms with Gasteiger partial charge in [0.1, 0.15) is 5.82 Å². The fourth-order valence-corrected chi connectivity index (χ4v) is 4.04. The maximum atomic E-state index is 13.8. The second kappa shape index (κ2) is 7.69. The number of ether oxygens (including phenoxy) is 1. The predicted molar refractivity (Wildman–Crippen MR) is 105 cm³/mol. The molecule has 0 aliphatic heterocycles. The SMILES string of the molecule is COc1ccc(NC(=O)C2CCC(n3c(=O)[nH]c4ccc(F)cc43)CC2)cc1F. The number of carbonyl (C=O) groups excluding carboxylic acids is 1. The first-order valence-corrected chi connectivity index (χ1v) is 9.50. The highest BCUT2D eigenvalue weighted by Gasteiger charge is 2.29. The van der Waals surface area contributed by atoms with Crippen LogP contribution in [0.3, 0.4) is 0 Å². The Morgan fingerprint density at radius 3 is 2.59 bits per heavy atom. The number of rotatable bonds is 4. The summed E-state index contributed by atoms with van der Waals surface area (Å²) < 4.78 is 33.9. The number of hydrogen-bond acceptors (Lipinski definition) is 3. The maximum absolute atomic E-state index is 13.8. The Bertz CT molecular complexity index is 1110. The average molecular weight is 401 g/mol. The van der Waals surface area contributed by atoms with Crippen molar-refractivity contribution < 1.29 is 18.3 Å². The largest absolute Gasteiger partial charge is 0.494 e. The summed E-state index contributed by atoms with van der Waals surface area (Å²) >= 11 is 0. The molecule has 1 amide bonds. The predicted octanol–water partition coefficient (Wildman–Crippen LogP) is 3.99. The summed E-state index contributed by atoms with van der Waals surface area (Å²) in [5.74, 6) is -1.23. The highest BCUT2D eigenvalue weighted by atomic mass is 19.1. The van der Waals surface area contributed by atoms with Crippen molar-refractivity contribution in [3.8, 4) is 5.75 Å². The molecular weight excluding hydrogens is 380 g/mol. The van der Waals surface area contributed by atoms with Gasteiger partial charge in [-0.15, -0.1) is 0 Å².